The Kier molecular flexibility index (Phi) is 6.77. The number of hydrogen-bond acceptors (Lipinski definition) is 3. The van der Waals surface area contributed by atoms with Gasteiger partial charge < -0.3 is 15.4 Å². The van der Waals surface area contributed by atoms with Crippen LogP contribution in [0.1, 0.15) is 12.0 Å². The molecule has 8 heteroatoms. The third kappa shape index (κ3) is 6.68. The minimum absolute atomic E-state index is 0.0483. The second-order valence-corrected chi connectivity index (χ2v) is 4.71. The number of hydrogen-bond donors (Lipinski definition) is 2. The third-order valence-corrected chi connectivity index (χ3v) is 2.74. The zero-order chi connectivity index (χ0) is 15.9. The molecule has 1 aromatic rings. The lowest BCUT2D eigenvalue weighted by molar-refractivity contribution is -0.137. The molecule has 0 saturated heterocycles. The average Bonchev–Trinajstić information content (AvgIpc) is 2.40. The van der Waals surface area contributed by atoms with Crippen LogP contribution in [-0.2, 0) is 15.7 Å². The summed E-state index contributed by atoms with van der Waals surface area (Å²) in [5, 5.41) is 5.17. The van der Waals surface area contributed by atoms with Crippen molar-refractivity contribution in [1.29, 1.82) is 0 Å². The molecule has 2 N–H and O–H groups in total. The van der Waals surface area contributed by atoms with Gasteiger partial charge in [-0.15, -0.1) is 0 Å². The molecule has 0 aliphatic heterocycles. The van der Waals surface area contributed by atoms with Crippen molar-refractivity contribution in [3.05, 3.63) is 28.8 Å². The van der Waals surface area contributed by atoms with Gasteiger partial charge in [0.05, 0.1) is 12.1 Å². The normalized spacial score (nSPS) is 11.3. The van der Waals surface area contributed by atoms with Crippen molar-refractivity contribution in [2.45, 2.75) is 12.6 Å². The van der Waals surface area contributed by atoms with Crippen LogP contribution in [0.3, 0.4) is 0 Å². The van der Waals surface area contributed by atoms with Gasteiger partial charge in [0, 0.05) is 31.0 Å². The number of benzene rings is 1. The number of halogens is 4. The van der Waals surface area contributed by atoms with E-state index in [1.807, 2.05) is 0 Å². The van der Waals surface area contributed by atoms with Crippen LogP contribution in [0.4, 0.5) is 18.9 Å². The number of carbonyl (C=O) groups is 1. The zero-order valence-corrected chi connectivity index (χ0v) is 12.1. The molecule has 0 aromatic heterocycles. The highest BCUT2D eigenvalue weighted by atomic mass is 35.5. The topological polar surface area (TPSA) is 50.4 Å². The molecule has 1 aromatic carbocycles. The summed E-state index contributed by atoms with van der Waals surface area (Å²) >= 11 is 5.64. The standard InChI is InChI=1S/C13H16ClF3N2O2/c1-21-4-2-3-18-12(20)8-19-11-6-9(13(15,16)17)5-10(14)7-11/h5-7,19H,2-4,8H2,1H3,(H,18,20). The number of anilines is 1. The van der Waals surface area contributed by atoms with Crippen molar-refractivity contribution in [3.63, 3.8) is 0 Å². The monoisotopic (exact) mass is 324 g/mol. The van der Waals surface area contributed by atoms with Crippen molar-refractivity contribution in [2.75, 3.05) is 32.1 Å². The Morgan fingerprint density at radius 3 is 2.67 bits per heavy atom. The molecule has 0 saturated carbocycles. The van der Waals surface area contributed by atoms with Gasteiger partial charge in [-0.05, 0) is 24.6 Å². The van der Waals surface area contributed by atoms with E-state index >= 15 is 0 Å². The van der Waals surface area contributed by atoms with Gasteiger partial charge in [-0.25, -0.2) is 0 Å². The zero-order valence-electron chi connectivity index (χ0n) is 11.4. The van der Waals surface area contributed by atoms with E-state index in [1.54, 1.807) is 7.11 Å². The number of nitrogens with one attached hydrogen (secondary N) is 2. The van der Waals surface area contributed by atoms with Crippen LogP contribution in [0, 0.1) is 0 Å². The summed E-state index contributed by atoms with van der Waals surface area (Å²) in [6, 6.07) is 3.07. The highest BCUT2D eigenvalue weighted by molar-refractivity contribution is 6.30. The Hall–Kier alpha value is -1.47. The van der Waals surface area contributed by atoms with Crippen molar-refractivity contribution >= 4 is 23.2 Å². The van der Waals surface area contributed by atoms with Crippen LogP contribution in [-0.4, -0.2) is 32.7 Å². The largest absolute Gasteiger partial charge is 0.416 e. The van der Waals surface area contributed by atoms with Crippen molar-refractivity contribution in [1.82, 2.24) is 5.32 Å². The Labute approximate surface area is 125 Å². The van der Waals surface area contributed by atoms with E-state index in [1.165, 1.54) is 6.07 Å². The van der Waals surface area contributed by atoms with Crippen molar-refractivity contribution in [2.24, 2.45) is 0 Å². The highest BCUT2D eigenvalue weighted by Gasteiger charge is 2.31. The molecular formula is C13H16ClF3N2O2. The van der Waals surface area contributed by atoms with Crippen LogP contribution in [0.5, 0.6) is 0 Å². The summed E-state index contributed by atoms with van der Waals surface area (Å²) in [5.41, 5.74) is -0.722. The molecule has 0 fully saturated rings. The molecule has 1 amide bonds. The van der Waals surface area contributed by atoms with Gasteiger partial charge in [-0.1, -0.05) is 11.6 Å². The van der Waals surface area contributed by atoms with E-state index in [0.29, 0.717) is 19.6 Å². The van der Waals surface area contributed by atoms with Crippen LogP contribution in [0.25, 0.3) is 0 Å². The number of alkyl halides is 3. The minimum atomic E-state index is -4.48. The lowest BCUT2D eigenvalue weighted by Gasteiger charge is -2.12. The van der Waals surface area contributed by atoms with Crippen molar-refractivity contribution < 1.29 is 22.7 Å². The number of carbonyl (C=O) groups excluding carboxylic acids is 1. The van der Waals surface area contributed by atoms with Gasteiger partial charge >= 0.3 is 6.18 Å². The predicted octanol–water partition coefficient (Wildman–Crippen LogP) is 2.92. The molecule has 0 heterocycles. The van der Waals surface area contributed by atoms with Crippen LogP contribution in [0.2, 0.25) is 5.02 Å². The fraction of sp³-hybridized carbons (Fsp3) is 0.462. The maximum atomic E-state index is 12.6. The van der Waals surface area contributed by atoms with E-state index < -0.39 is 11.7 Å². The summed E-state index contributed by atoms with van der Waals surface area (Å²) in [6.45, 7) is 0.833. The second-order valence-electron chi connectivity index (χ2n) is 4.28. The number of methoxy groups -OCH3 is 1. The molecule has 0 aliphatic carbocycles. The van der Waals surface area contributed by atoms with Crippen LogP contribution < -0.4 is 10.6 Å². The van der Waals surface area contributed by atoms with E-state index in [-0.39, 0.29) is 23.2 Å². The molecule has 0 aliphatic rings. The van der Waals surface area contributed by atoms with Gasteiger partial charge in [0.1, 0.15) is 0 Å². The molecule has 21 heavy (non-hydrogen) atoms. The number of rotatable bonds is 7. The van der Waals surface area contributed by atoms with E-state index in [2.05, 4.69) is 10.6 Å². The highest BCUT2D eigenvalue weighted by Crippen LogP contribution is 2.33. The first-order valence-corrected chi connectivity index (χ1v) is 6.58. The van der Waals surface area contributed by atoms with Gasteiger partial charge in [0.2, 0.25) is 5.91 Å². The Morgan fingerprint density at radius 1 is 1.33 bits per heavy atom. The quantitative estimate of drug-likeness (QED) is 0.758. The Bertz CT molecular complexity index is 481. The lowest BCUT2D eigenvalue weighted by Crippen LogP contribution is -2.31. The van der Waals surface area contributed by atoms with E-state index in [4.69, 9.17) is 16.3 Å². The molecule has 0 unspecified atom stereocenters. The number of ether oxygens (including phenoxy) is 1. The van der Waals surface area contributed by atoms with Crippen molar-refractivity contribution in [3.8, 4) is 0 Å². The predicted molar refractivity (Wildman–Crippen MR) is 74.4 cm³/mol. The summed E-state index contributed by atoms with van der Waals surface area (Å²) < 4.78 is 42.6. The first-order valence-electron chi connectivity index (χ1n) is 6.20. The molecular weight excluding hydrogens is 309 g/mol. The molecule has 4 nitrogen and oxygen atoms in total. The Morgan fingerprint density at radius 2 is 2.05 bits per heavy atom. The molecule has 1 rings (SSSR count). The summed E-state index contributed by atoms with van der Waals surface area (Å²) in [4.78, 5) is 11.5. The fourth-order valence-electron chi connectivity index (χ4n) is 1.54. The van der Waals surface area contributed by atoms with Gasteiger partial charge in [-0.3, -0.25) is 4.79 Å². The first kappa shape index (κ1) is 17.6. The molecule has 0 spiro atoms. The molecule has 118 valence electrons. The maximum absolute atomic E-state index is 12.6. The fourth-order valence-corrected chi connectivity index (χ4v) is 1.78. The molecule has 0 atom stereocenters. The van der Waals surface area contributed by atoms with Crippen LogP contribution in [0.15, 0.2) is 18.2 Å². The average molecular weight is 325 g/mol. The SMILES string of the molecule is COCCCNC(=O)CNc1cc(Cl)cc(C(F)(F)F)c1. The van der Waals surface area contributed by atoms with Gasteiger partial charge in [0.15, 0.2) is 0 Å². The second kappa shape index (κ2) is 8.09. The van der Waals surface area contributed by atoms with Crippen LogP contribution >= 0.6 is 11.6 Å². The van der Waals surface area contributed by atoms with E-state index in [9.17, 15) is 18.0 Å². The lowest BCUT2D eigenvalue weighted by atomic mass is 10.2. The third-order valence-electron chi connectivity index (χ3n) is 2.53. The number of amides is 1. The smallest absolute Gasteiger partial charge is 0.385 e. The first-order chi connectivity index (χ1) is 9.82. The Balaban J connectivity index is 2.52. The summed E-state index contributed by atoms with van der Waals surface area (Å²) in [5.74, 6) is -0.320. The summed E-state index contributed by atoms with van der Waals surface area (Å²) in [6.07, 6.45) is -3.82. The minimum Gasteiger partial charge on any atom is -0.385 e. The molecule has 0 radical (unpaired) electrons. The van der Waals surface area contributed by atoms with E-state index in [0.717, 1.165) is 12.1 Å². The molecule has 0 bridgehead atoms. The maximum Gasteiger partial charge on any atom is 0.416 e. The van der Waals surface area contributed by atoms with Gasteiger partial charge in [0.25, 0.3) is 0 Å². The summed E-state index contributed by atoms with van der Waals surface area (Å²) in [7, 11) is 1.56. The van der Waals surface area contributed by atoms with Gasteiger partial charge in [-0.2, -0.15) is 13.2 Å².